The normalized spacial score (nSPS) is 27.4. The summed E-state index contributed by atoms with van der Waals surface area (Å²) in [6.07, 6.45) is 6.10. The first-order valence-electron chi connectivity index (χ1n) is 8.83. The van der Waals surface area contributed by atoms with Gasteiger partial charge in [-0.3, -0.25) is 9.67 Å². The number of hydrogen-bond acceptors (Lipinski definition) is 4. The van der Waals surface area contributed by atoms with Crippen molar-refractivity contribution >= 4 is 17.7 Å². The van der Waals surface area contributed by atoms with Crippen LogP contribution in [-0.2, 0) is 12.8 Å². The van der Waals surface area contributed by atoms with Crippen LogP contribution in [0.2, 0.25) is 0 Å². The molecule has 24 heavy (non-hydrogen) atoms. The molecule has 1 saturated heterocycles. The molecule has 0 amide bonds. The van der Waals surface area contributed by atoms with Crippen LogP contribution in [0.15, 0.2) is 11.2 Å². The zero-order valence-electron chi connectivity index (χ0n) is 14.9. The Labute approximate surface area is 148 Å². The van der Waals surface area contributed by atoms with E-state index in [-0.39, 0.29) is 0 Å². The van der Waals surface area contributed by atoms with Crippen LogP contribution in [0.25, 0.3) is 0 Å². The van der Waals surface area contributed by atoms with Gasteiger partial charge in [-0.15, -0.1) is 0 Å². The molecule has 0 spiro atoms. The van der Waals surface area contributed by atoms with Crippen molar-refractivity contribution in [1.29, 1.82) is 0 Å². The third-order valence-corrected chi connectivity index (χ3v) is 6.09. The molecule has 0 bridgehead atoms. The van der Waals surface area contributed by atoms with Gasteiger partial charge in [0.1, 0.15) is 0 Å². The van der Waals surface area contributed by atoms with Crippen LogP contribution in [0.5, 0.6) is 0 Å². The molecule has 0 saturated carbocycles. The average Bonchev–Trinajstić information content (AvgIpc) is 3.17. The third-order valence-electron chi connectivity index (χ3n) is 4.86. The number of aliphatic imine (C=N–C) groups is 1. The molecular weight excluding hydrogens is 322 g/mol. The zero-order chi connectivity index (χ0) is 17.2. The summed E-state index contributed by atoms with van der Waals surface area (Å²) < 4.78 is 2.06. The minimum atomic E-state index is -0.599. The Morgan fingerprint density at radius 1 is 1.58 bits per heavy atom. The summed E-state index contributed by atoms with van der Waals surface area (Å²) in [5.41, 5.74) is 1.98. The van der Waals surface area contributed by atoms with Crippen molar-refractivity contribution in [2.45, 2.75) is 57.2 Å². The standard InChI is InChI=1S/C17H29N5OS/c1-12(2)22-9-13-4-5-14(8-15(13)21-22)20-16(18-3)19-10-17(23)6-7-24-11-17/h9,12,14,23H,4-8,10-11H2,1-3H3,(H2,18,19,20). The Kier molecular flexibility index (Phi) is 5.39. The van der Waals surface area contributed by atoms with Gasteiger partial charge in [-0.1, -0.05) is 0 Å². The number of fused-ring (bicyclic) bond motifs is 1. The van der Waals surface area contributed by atoms with E-state index in [9.17, 15) is 5.11 Å². The molecule has 3 rings (SSSR count). The van der Waals surface area contributed by atoms with E-state index < -0.39 is 5.60 Å². The monoisotopic (exact) mass is 351 g/mol. The highest BCUT2D eigenvalue weighted by Gasteiger charge is 2.32. The van der Waals surface area contributed by atoms with E-state index >= 15 is 0 Å². The quantitative estimate of drug-likeness (QED) is 0.564. The topological polar surface area (TPSA) is 74.5 Å². The highest BCUT2D eigenvalue weighted by atomic mass is 32.2. The molecule has 2 heterocycles. The number of rotatable bonds is 4. The van der Waals surface area contributed by atoms with Gasteiger partial charge < -0.3 is 15.7 Å². The first kappa shape index (κ1) is 17.6. The van der Waals surface area contributed by atoms with Gasteiger partial charge >= 0.3 is 0 Å². The van der Waals surface area contributed by atoms with E-state index in [4.69, 9.17) is 5.10 Å². The van der Waals surface area contributed by atoms with Crippen molar-refractivity contribution in [3.8, 4) is 0 Å². The van der Waals surface area contributed by atoms with Gasteiger partial charge in [0.15, 0.2) is 5.96 Å². The molecule has 1 aromatic rings. The molecule has 1 fully saturated rings. The Morgan fingerprint density at radius 2 is 2.42 bits per heavy atom. The van der Waals surface area contributed by atoms with Crippen LogP contribution < -0.4 is 10.6 Å². The van der Waals surface area contributed by atoms with Gasteiger partial charge in [0.25, 0.3) is 0 Å². The highest BCUT2D eigenvalue weighted by molar-refractivity contribution is 7.99. The molecular formula is C17H29N5OS. The molecule has 134 valence electrons. The van der Waals surface area contributed by atoms with E-state index in [0.717, 1.165) is 43.1 Å². The maximum atomic E-state index is 10.4. The molecule has 3 N–H and O–H groups in total. The average molecular weight is 352 g/mol. The lowest BCUT2D eigenvalue weighted by molar-refractivity contribution is 0.0723. The van der Waals surface area contributed by atoms with Crippen molar-refractivity contribution in [3.63, 3.8) is 0 Å². The minimum absolute atomic E-state index is 0.340. The number of nitrogens with zero attached hydrogens (tertiary/aromatic N) is 3. The number of nitrogens with one attached hydrogen (secondary N) is 2. The van der Waals surface area contributed by atoms with Crippen LogP contribution in [-0.4, -0.2) is 57.6 Å². The summed E-state index contributed by atoms with van der Waals surface area (Å²) in [5.74, 6) is 2.61. The van der Waals surface area contributed by atoms with Crippen LogP contribution in [0.3, 0.4) is 0 Å². The van der Waals surface area contributed by atoms with Gasteiger partial charge in [-0.25, -0.2) is 0 Å². The number of aromatic nitrogens is 2. The Morgan fingerprint density at radius 3 is 3.08 bits per heavy atom. The summed E-state index contributed by atoms with van der Waals surface area (Å²) in [7, 11) is 1.78. The largest absolute Gasteiger partial charge is 0.387 e. The molecule has 0 aromatic carbocycles. The SMILES string of the molecule is CN=C(NCC1(O)CCSC1)NC1CCc2cn(C(C)C)nc2C1. The fourth-order valence-corrected chi connectivity index (χ4v) is 4.57. The summed E-state index contributed by atoms with van der Waals surface area (Å²) in [6, 6.07) is 0.744. The number of aryl methyl sites for hydroxylation is 1. The van der Waals surface area contributed by atoms with Gasteiger partial charge in [0, 0.05) is 44.0 Å². The molecule has 1 aliphatic carbocycles. The number of hydrogen-bond donors (Lipinski definition) is 3. The first-order chi connectivity index (χ1) is 11.5. The molecule has 1 aliphatic heterocycles. The van der Waals surface area contributed by atoms with Crippen molar-refractivity contribution in [2.75, 3.05) is 25.1 Å². The smallest absolute Gasteiger partial charge is 0.191 e. The summed E-state index contributed by atoms with van der Waals surface area (Å²) in [4.78, 5) is 4.31. The lowest BCUT2D eigenvalue weighted by atomic mass is 9.94. The Bertz CT molecular complexity index is 592. The molecule has 7 heteroatoms. The number of guanidine groups is 1. The maximum Gasteiger partial charge on any atom is 0.191 e. The van der Waals surface area contributed by atoms with Gasteiger partial charge in [-0.05, 0) is 44.4 Å². The summed E-state index contributed by atoms with van der Waals surface area (Å²) >= 11 is 1.81. The predicted molar refractivity (Wildman–Crippen MR) is 99.8 cm³/mol. The molecule has 0 radical (unpaired) electrons. The van der Waals surface area contributed by atoms with E-state index in [2.05, 4.69) is 40.4 Å². The van der Waals surface area contributed by atoms with Gasteiger partial charge in [-0.2, -0.15) is 16.9 Å². The first-order valence-corrected chi connectivity index (χ1v) is 9.99. The molecule has 2 unspecified atom stereocenters. The molecule has 1 aromatic heterocycles. The van der Waals surface area contributed by atoms with Gasteiger partial charge in [0.2, 0.25) is 0 Å². The number of aliphatic hydroxyl groups is 1. The van der Waals surface area contributed by atoms with Crippen molar-refractivity contribution in [1.82, 2.24) is 20.4 Å². The zero-order valence-corrected chi connectivity index (χ0v) is 15.7. The lowest BCUT2D eigenvalue weighted by Crippen LogP contribution is -2.50. The minimum Gasteiger partial charge on any atom is -0.387 e. The fraction of sp³-hybridized carbons (Fsp3) is 0.765. The Hall–Kier alpha value is -1.21. The highest BCUT2D eigenvalue weighted by Crippen LogP contribution is 2.27. The number of thioether (sulfide) groups is 1. The second kappa shape index (κ2) is 7.35. The van der Waals surface area contributed by atoms with Gasteiger partial charge in [0.05, 0.1) is 11.3 Å². The van der Waals surface area contributed by atoms with Crippen molar-refractivity contribution < 1.29 is 5.11 Å². The van der Waals surface area contributed by atoms with Crippen LogP contribution in [0, 0.1) is 0 Å². The lowest BCUT2D eigenvalue weighted by Gasteiger charge is -2.27. The molecule has 2 aliphatic rings. The third kappa shape index (κ3) is 4.06. The maximum absolute atomic E-state index is 10.4. The molecule has 6 nitrogen and oxygen atoms in total. The Balaban J connectivity index is 1.55. The van der Waals surface area contributed by atoms with E-state index in [0.29, 0.717) is 18.6 Å². The predicted octanol–water partition coefficient (Wildman–Crippen LogP) is 1.35. The van der Waals surface area contributed by atoms with E-state index in [1.165, 1.54) is 11.3 Å². The van der Waals surface area contributed by atoms with Crippen LogP contribution in [0.1, 0.15) is 44.0 Å². The summed E-state index contributed by atoms with van der Waals surface area (Å²) in [5, 5.41) is 22.0. The molecule has 2 atom stereocenters. The fourth-order valence-electron chi connectivity index (χ4n) is 3.27. The van der Waals surface area contributed by atoms with Crippen LogP contribution >= 0.6 is 11.8 Å². The second-order valence-electron chi connectivity index (χ2n) is 7.21. The second-order valence-corrected chi connectivity index (χ2v) is 8.32. The van der Waals surface area contributed by atoms with Crippen molar-refractivity contribution in [2.24, 2.45) is 4.99 Å². The van der Waals surface area contributed by atoms with Crippen molar-refractivity contribution in [3.05, 3.63) is 17.5 Å². The van der Waals surface area contributed by atoms with E-state index in [1.807, 2.05) is 11.8 Å². The van der Waals surface area contributed by atoms with E-state index in [1.54, 1.807) is 7.05 Å². The summed E-state index contributed by atoms with van der Waals surface area (Å²) in [6.45, 7) is 4.87. The van der Waals surface area contributed by atoms with Crippen LogP contribution in [0.4, 0.5) is 0 Å².